The monoisotopic (exact) mass is 187 g/mol. The summed E-state index contributed by atoms with van der Waals surface area (Å²) in [5.74, 6) is 0.271. The topological polar surface area (TPSA) is 40.9 Å². The molecule has 0 aliphatic rings. The van der Waals surface area contributed by atoms with E-state index in [1.54, 1.807) is 6.07 Å². The Morgan fingerprint density at radius 1 is 1.50 bits per heavy atom. The molecule has 0 amide bonds. The number of hydrogen-bond acceptors (Lipinski definition) is 2. The highest BCUT2D eigenvalue weighted by Gasteiger charge is 2.00. The van der Waals surface area contributed by atoms with Crippen LogP contribution in [0.25, 0.3) is 0 Å². The first-order valence-corrected chi connectivity index (χ1v) is 4.77. The SMILES string of the molecule is CCC(=O)CCc1cccc(C#N)c1. The van der Waals surface area contributed by atoms with Gasteiger partial charge in [0.1, 0.15) is 5.78 Å². The van der Waals surface area contributed by atoms with Crippen molar-refractivity contribution in [2.45, 2.75) is 26.2 Å². The molecular weight excluding hydrogens is 174 g/mol. The van der Waals surface area contributed by atoms with Crippen molar-refractivity contribution in [3.8, 4) is 6.07 Å². The highest BCUT2D eigenvalue weighted by Crippen LogP contribution is 2.07. The molecule has 1 aromatic rings. The number of aryl methyl sites for hydroxylation is 1. The van der Waals surface area contributed by atoms with Gasteiger partial charge in [0, 0.05) is 12.8 Å². The molecule has 2 heteroatoms. The summed E-state index contributed by atoms with van der Waals surface area (Å²) in [5, 5.41) is 8.67. The quantitative estimate of drug-likeness (QED) is 0.726. The second-order valence-electron chi connectivity index (χ2n) is 3.20. The van der Waals surface area contributed by atoms with Gasteiger partial charge in [-0.15, -0.1) is 0 Å². The maximum absolute atomic E-state index is 11.1. The van der Waals surface area contributed by atoms with Crippen molar-refractivity contribution in [1.82, 2.24) is 0 Å². The Bertz CT molecular complexity index is 363. The molecule has 0 saturated heterocycles. The van der Waals surface area contributed by atoms with E-state index in [4.69, 9.17) is 5.26 Å². The van der Waals surface area contributed by atoms with Crippen molar-refractivity contribution >= 4 is 5.78 Å². The van der Waals surface area contributed by atoms with E-state index in [2.05, 4.69) is 6.07 Å². The maximum atomic E-state index is 11.1. The zero-order valence-corrected chi connectivity index (χ0v) is 8.29. The third-order valence-electron chi connectivity index (χ3n) is 2.14. The third kappa shape index (κ3) is 3.02. The van der Waals surface area contributed by atoms with Gasteiger partial charge in [0.15, 0.2) is 0 Å². The molecular formula is C12H13NO. The van der Waals surface area contributed by atoms with Gasteiger partial charge >= 0.3 is 0 Å². The molecule has 0 fully saturated rings. The van der Waals surface area contributed by atoms with E-state index in [9.17, 15) is 4.79 Å². The molecule has 0 unspecified atom stereocenters. The smallest absolute Gasteiger partial charge is 0.132 e. The molecule has 0 radical (unpaired) electrons. The standard InChI is InChI=1S/C12H13NO/c1-2-12(14)7-6-10-4-3-5-11(8-10)9-13/h3-5,8H,2,6-7H2,1H3. The van der Waals surface area contributed by atoms with Gasteiger partial charge in [-0.25, -0.2) is 0 Å². The molecule has 1 aromatic carbocycles. The van der Waals surface area contributed by atoms with Crippen LogP contribution in [0.5, 0.6) is 0 Å². The van der Waals surface area contributed by atoms with Crippen LogP contribution in [0.3, 0.4) is 0 Å². The van der Waals surface area contributed by atoms with E-state index in [1.807, 2.05) is 25.1 Å². The van der Waals surface area contributed by atoms with Crippen LogP contribution in [0.4, 0.5) is 0 Å². The first-order chi connectivity index (χ1) is 6.76. The molecule has 14 heavy (non-hydrogen) atoms. The number of rotatable bonds is 4. The molecule has 0 bridgehead atoms. The average Bonchev–Trinajstić information content (AvgIpc) is 2.26. The molecule has 0 spiro atoms. The Labute approximate surface area is 84.2 Å². The molecule has 0 saturated carbocycles. The number of ketones is 1. The summed E-state index contributed by atoms with van der Waals surface area (Å²) in [6.07, 6.45) is 1.91. The summed E-state index contributed by atoms with van der Waals surface area (Å²) in [7, 11) is 0. The van der Waals surface area contributed by atoms with E-state index in [0.29, 0.717) is 18.4 Å². The Kier molecular flexibility index (Phi) is 3.87. The molecule has 0 aliphatic carbocycles. The van der Waals surface area contributed by atoms with Gasteiger partial charge in [0.2, 0.25) is 0 Å². The predicted octanol–water partition coefficient (Wildman–Crippen LogP) is 2.47. The Morgan fingerprint density at radius 2 is 2.29 bits per heavy atom. The van der Waals surface area contributed by atoms with Gasteiger partial charge in [-0.1, -0.05) is 19.1 Å². The fourth-order valence-corrected chi connectivity index (χ4v) is 1.26. The number of carbonyl (C=O) groups excluding carboxylic acids is 1. The third-order valence-corrected chi connectivity index (χ3v) is 2.14. The van der Waals surface area contributed by atoms with Crippen LogP contribution in [0.2, 0.25) is 0 Å². The van der Waals surface area contributed by atoms with E-state index < -0.39 is 0 Å². The van der Waals surface area contributed by atoms with Gasteiger partial charge < -0.3 is 0 Å². The van der Waals surface area contributed by atoms with Crippen LogP contribution in [0.1, 0.15) is 30.9 Å². The Morgan fingerprint density at radius 3 is 2.93 bits per heavy atom. The minimum atomic E-state index is 0.271. The van der Waals surface area contributed by atoms with Gasteiger partial charge in [-0.2, -0.15) is 5.26 Å². The lowest BCUT2D eigenvalue weighted by atomic mass is 10.0. The number of nitriles is 1. The lowest BCUT2D eigenvalue weighted by Crippen LogP contribution is -1.97. The summed E-state index contributed by atoms with van der Waals surface area (Å²) < 4.78 is 0. The molecule has 1 rings (SSSR count). The summed E-state index contributed by atoms with van der Waals surface area (Å²) in [5.41, 5.74) is 1.72. The lowest BCUT2D eigenvalue weighted by Gasteiger charge is -1.99. The van der Waals surface area contributed by atoms with Crippen LogP contribution in [-0.2, 0) is 11.2 Å². The zero-order chi connectivity index (χ0) is 10.4. The molecule has 0 aliphatic heterocycles. The minimum Gasteiger partial charge on any atom is -0.300 e. The van der Waals surface area contributed by atoms with Crippen molar-refractivity contribution in [2.75, 3.05) is 0 Å². The van der Waals surface area contributed by atoms with Crippen molar-refractivity contribution < 1.29 is 4.79 Å². The molecule has 0 aromatic heterocycles. The van der Waals surface area contributed by atoms with E-state index in [-0.39, 0.29) is 5.78 Å². The number of benzene rings is 1. The van der Waals surface area contributed by atoms with E-state index in [0.717, 1.165) is 12.0 Å². The summed E-state index contributed by atoms with van der Waals surface area (Å²) in [6.45, 7) is 1.87. The fraction of sp³-hybridized carbons (Fsp3) is 0.333. The van der Waals surface area contributed by atoms with Gasteiger partial charge in [-0.05, 0) is 24.1 Å². The van der Waals surface area contributed by atoms with Gasteiger partial charge in [0.25, 0.3) is 0 Å². The fourth-order valence-electron chi connectivity index (χ4n) is 1.26. The number of nitrogens with zero attached hydrogens (tertiary/aromatic N) is 1. The van der Waals surface area contributed by atoms with Crippen LogP contribution >= 0.6 is 0 Å². The van der Waals surface area contributed by atoms with E-state index >= 15 is 0 Å². The van der Waals surface area contributed by atoms with Crippen LogP contribution < -0.4 is 0 Å². The minimum absolute atomic E-state index is 0.271. The average molecular weight is 187 g/mol. The van der Waals surface area contributed by atoms with Crippen LogP contribution in [-0.4, -0.2) is 5.78 Å². The van der Waals surface area contributed by atoms with Crippen LogP contribution in [0, 0.1) is 11.3 Å². The molecule has 0 heterocycles. The lowest BCUT2D eigenvalue weighted by molar-refractivity contribution is -0.118. The predicted molar refractivity (Wildman–Crippen MR) is 54.8 cm³/mol. The molecule has 2 nitrogen and oxygen atoms in total. The second kappa shape index (κ2) is 5.18. The van der Waals surface area contributed by atoms with Gasteiger partial charge in [-0.3, -0.25) is 4.79 Å². The number of carbonyl (C=O) groups is 1. The largest absolute Gasteiger partial charge is 0.300 e. The van der Waals surface area contributed by atoms with Crippen molar-refractivity contribution in [3.05, 3.63) is 35.4 Å². The molecule has 0 atom stereocenters. The Balaban J connectivity index is 2.60. The second-order valence-corrected chi connectivity index (χ2v) is 3.20. The molecule has 72 valence electrons. The highest BCUT2D eigenvalue weighted by molar-refractivity contribution is 5.78. The first kappa shape index (κ1) is 10.5. The maximum Gasteiger partial charge on any atom is 0.132 e. The molecule has 0 N–H and O–H groups in total. The Hall–Kier alpha value is -1.62. The summed E-state index contributed by atoms with van der Waals surface area (Å²) in [6, 6.07) is 9.49. The van der Waals surface area contributed by atoms with Gasteiger partial charge in [0.05, 0.1) is 11.6 Å². The first-order valence-electron chi connectivity index (χ1n) is 4.77. The van der Waals surface area contributed by atoms with Crippen molar-refractivity contribution in [1.29, 1.82) is 5.26 Å². The van der Waals surface area contributed by atoms with E-state index in [1.165, 1.54) is 0 Å². The van der Waals surface area contributed by atoms with Crippen molar-refractivity contribution in [2.24, 2.45) is 0 Å². The summed E-state index contributed by atoms with van der Waals surface area (Å²) in [4.78, 5) is 11.1. The zero-order valence-electron chi connectivity index (χ0n) is 8.29. The summed E-state index contributed by atoms with van der Waals surface area (Å²) >= 11 is 0. The number of hydrogen-bond donors (Lipinski definition) is 0. The van der Waals surface area contributed by atoms with Crippen LogP contribution in [0.15, 0.2) is 24.3 Å². The van der Waals surface area contributed by atoms with Crippen molar-refractivity contribution in [3.63, 3.8) is 0 Å². The highest BCUT2D eigenvalue weighted by atomic mass is 16.1. The number of Topliss-reactive ketones (excluding diaryl/α,β-unsaturated/α-hetero) is 1. The normalized spacial score (nSPS) is 9.43.